The summed E-state index contributed by atoms with van der Waals surface area (Å²) in [5.74, 6) is -0.894. The van der Waals surface area contributed by atoms with Gasteiger partial charge in [0, 0.05) is 6.92 Å². The number of hydrogen-bond acceptors (Lipinski definition) is 3. The standard InChI is InChI=1S/C14H17NO4/c1-9(2)19-12-6-4-11(5-7-12)8-13(14(17)18)15-10(3)16/h4-9H,1-3H3,(H,15,16)(H,17,18)/b13-8-. The monoisotopic (exact) mass is 263 g/mol. The molecule has 2 N–H and O–H groups in total. The highest BCUT2D eigenvalue weighted by molar-refractivity contribution is 5.96. The van der Waals surface area contributed by atoms with E-state index >= 15 is 0 Å². The topological polar surface area (TPSA) is 75.6 Å². The van der Waals surface area contributed by atoms with Gasteiger partial charge in [-0.3, -0.25) is 4.79 Å². The van der Waals surface area contributed by atoms with Gasteiger partial charge in [-0.2, -0.15) is 0 Å². The Bertz CT molecular complexity index is 489. The van der Waals surface area contributed by atoms with Crippen molar-refractivity contribution in [3.05, 3.63) is 35.5 Å². The van der Waals surface area contributed by atoms with E-state index in [0.717, 1.165) is 0 Å². The van der Waals surface area contributed by atoms with E-state index in [1.165, 1.54) is 13.0 Å². The van der Waals surface area contributed by atoms with E-state index in [0.29, 0.717) is 11.3 Å². The maximum absolute atomic E-state index is 10.9. The van der Waals surface area contributed by atoms with Crippen molar-refractivity contribution in [1.29, 1.82) is 0 Å². The minimum atomic E-state index is -1.18. The van der Waals surface area contributed by atoms with E-state index < -0.39 is 11.9 Å². The summed E-state index contributed by atoms with van der Waals surface area (Å²) in [7, 11) is 0. The maximum atomic E-state index is 10.9. The molecule has 1 rings (SSSR count). The van der Waals surface area contributed by atoms with Gasteiger partial charge in [0.2, 0.25) is 5.91 Å². The Morgan fingerprint density at radius 1 is 1.26 bits per heavy atom. The van der Waals surface area contributed by atoms with Gasteiger partial charge in [0.15, 0.2) is 0 Å². The number of hydrogen-bond donors (Lipinski definition) is 2. The molecule has 0 aliphatic rings. The second kappa shape index (κ2) is 6.58. The highest BCUT2D eigenvalue weighted by atomic mass is 16.5. The lowest BCUT2D eigenvalue weighted by molar-refractivity contribution is -0.134. The van der Waals surface area contributed by atoms with Crippen LogP contribution in [-0.2, 0) is 9.59 Å². The molecule has 0 saturated heterocycles. The fourth-order valence-corrected chi connectivity index (χ4v) is 1.42. The third-order valence-electron chi connectivity index (χ3n) is 2.10. The summed E-state index contributed by atoms with van der Waals surface area (Å²) in [6, 6.07) is 6.95. The Labute approximate surface area is 111 Å². The zero-order valence-electron chi connectivity index (χ0n) is 11.1. The van der Waals surface area contributed by atoms with Gasteiger partial charge in [-0.1, -0.05) is 12.1 Å². The molecule has 102 valence electrons. The molecule has 0 radical (unpaired) electrons. The zero-order valence-corrected chi connectivity index (χ0v) is 11.1. The second-order valence-corrected chi connectivity index (χ2v) is 4.28. The molecule has 0 fully saturated rings. The summed E-state index contributed by atoms with van der Waals surface area (Å²) in [4.78, 5) is 21.8. The van der Waals surface area contributed by atoms with Crippen LogP contribution in [0.2, 0.25) is 0 Å². The normalized spacial score (nSPS) is 11.3. The summed E-state index contributed by atoms with van der Waals surface area (Å²) >= 11 is 0. The van der Waals surface area contributed by atoms with E-state index in [1.807, 2.05) is 13.8 Å². The first-order chi connectivity index (χ1) is 8.88. The van der Waals surface area contributed by atoms with Crippen LogP contribution in [0, 0.1) is 0 Å². The van der Waals surface area contributed by atoms with Crippen molar-refractivity contribution in [3.63, 3.8) is 0 Å². The first kappa shape index (κ1) is 14.8. The fourth-order valence-electron chi connectivity index (χ4n) is 1.42. The minimum Gasteiger partial charge on any atom is -0.491 e. The van der Waals surface area contributed by atoms with E-state index in [-0.39, 0.29) is 11.8 Å². The molecule has 0 aliphatic carbocycles. The number of benzene rings is 1. The van der Waals surface area contributed by atoms with E-state index in [4.69, 9.17) is 9.84 Å². The van der Waals surface area contributed by atoms with Crippen LogP contribution in [0.1, 0.15) is 26.3 Å². The molecule has 0 bridgehead atoms. The SMILES string of the molecule is CC(=O)N/C(=C\c1ccc(OC(C)C)cc1)C(=O)O. The van der Waals surface area contributed by atoms with Crippen molar-refractivity contribution < 1.29 is 19.4 Å². The first-order valence-electron chi connectivity index (χ1n) is 5.88. The van der Waals surface area contributed by atoms with Gasteiger partial charge in [-0.05, 0) is 37.6 Å². The quantitative estimate of drug-likeness (QED) is 0.797. The Kier molecular flexibility index (Phi) is 5.11. The number of amides is 1. The molecule has 0 heterocycles. The van der Waals surface area contributed by atoms with Crippen molar-refractivity contribution in [3.8, 4) is 5.75 Å². The summed E-state index contributed by atoms with van der Waals surface area (Å²) in [5, 5.41) is 11.2. The molecule has 0 spiro atoms. The highest BCUT2D eigenvalue weighted by Gasteiger charge is 2.08. The summed E-state index contributed by atoms with van der Waals surface area (Å²) in [6.45, 7) is 5.11. The van der Waals surface area contributed by atoms with Crippen LogP contribution in [0.25, 0.3) is 6.08 Å². The molecule has 0 aromatic heterocycles. The van der Waals surface area contributed by atoms with Crippen molar-refractivity contribution >= 4 is 18.0 Å². The average molecular weight is 263 g/mol. The van der Waals surface area contributed by atoms with Crippen LogP contribution in [0.4, 0.5) is 0 Å². The molecule has 5 heteroatoms. The Morgan fingerprint density at radius 3 is 2.26 bits per heavy atom. The Hall–Kier alpha value is -2.30. The number of aliphatic carboxylic acids is 1. The van der Waals surface area contributed by atoms with E-state index in [9.17, 15) is 9.59 Å². The number of carbonyl (C=O) groups excluding carboxylic acids is 1. The predicted molar refractivity (Wildman–Crippen MR) is 71.6 cm³/mol. The fraction of sp³-hybridized carbons (Fsp3) is 0.286. The molecule has 5 nitrogen and oxygen atoms in total. The number of nitrogens with one attached hydrogen (secondary N) is 1. The van der Waals surface area contributed by atoms with Crippen molar-refractivity contribution in [2.75, 3.05) is 0 Å². The lowest BCUT2D eigenvalue weighted by Crippen LogP contribution is -2.24. The molecule has 1 aromatic carbocycles. The molecular weight excluding hydrogens is 246 g/mol. The number of carboxylic acids is 1. The molecule has 19 heavy (non-hydrogen) atoms. The summed E-state index contributed by atoms with van der Waals surface area (Å²) < 4.78 is 5.48. The second-order valence-electron chi connectivity index (χ2n) is 4.28. The summed E-state index contributed by atoms with van der Waals surface area (Å²) in [6.07, 6.45) is 1.47. The molecular formula is C14H17NO4. The molecule has 1 aromatic rings. The average Bonchev–Trinajstić information content (AvgIpc) is 2.29. The number of carboxylic acid groups (broad SMARTS) is 1. The van der Waals surface area contributed by atoms with Crippen LogP contribution in [0.3, 0.4) is 0 Å². The zero-order chi connectivity index (χ0) is 14.4. The van der Waals surface area contributed by atoms with Crippen LogP contribution in [0.5, 0.6) is 5.75 Å². The lowest BCUT2D eigenvalue weighted by Gasteiger charge is -2.09. The smallest absolute Gasteiger partial charge is 0.352 e. The van der Waals surface area contributed by atoms with Crippen molar-refractivity contribution in [1.82, 2.24) is 5.32 Å². The Balaban J connectivity index is 2.89. The number of rotatable bonds is 5. The van der Waals surface area contributed by atoms with Gasteiger partial charge in [0.25, 0.3) is 0 Å². The predicted octanol–water partition coefficient (Wildman–Crippen LogP) is 2.04. The maximum Gasteiger partial charge on any atom is 0.352 e. The van der Waals surface area contributed by atoms with E-state index in [1.54, 1.807) is 24.3 Å². The van der Waals surface area contributed by atoms with Crippen molar-refractivity contribution in [2.45, 2.75) is 26.9 Å². The van der Waals surface area contributed by atoms with Gasteiger partial charge in [-0.25, -0.2) is 4.79 Å². The molecule has 1 amide bonds. The molecule has 0 saturated carbocycles. The van der Waals surface area contributed by atoms with Crippen LogP contribution in [0.15, 0.2) is 30.0 Å². The summed E-state index contributed by atoms with van der Waals surface area (Å²) in [5.41, 5.74) is 0.507. The molecule has 0 aliphatic heterocycles. The lowest BCUT2D eigenvalue weighted by atomic mass is 10.2. The largest absolute Gasteiger partial charge is 0.491 e. The van der Waals surface area contributed by atoms with Gasteiger partial charge in [-0.15, -0.1) is 0 Å². The number of ether oxygens (including phenoxy) is 1. The van der Waals surface area contributed by atoms with Crippen molar-refractivity contribution in [2.24, 2.45) is 0 Å². The third kappa shape index (κ3) is 5.25. The highest BCUT2D eigenvalue weighted by Crippen LogP contribution is 2.15. The minimum absolute atomic E-state index is 0.0790. The van der Waals surface area contributed by atoms with Crippen LogP contribution >= 0.6 is 0 Å². The molecule has 0 unspecified atom stereocenters. The van der Waals surface area contributed by atoms with E-state index in [2.05, 4.69) is 5.32 Å². The first-order valence-corrected chi connectivity index (χ1v) is 5.88. The van der Waals surface area contributed by atoms with Gasteiger partial charge < -0.3 is 15.2 Å². The molecule has 0 atom stereocenters. The number of carbonyl (C=O) groups is 2. The van der Waals surface area contributed by atoms with Gasteiger partial charge in [0.1, 0.15) is 11.4 Å². The van der Waals surface area contributed by atoms with Crippen LogP contribution in [-0.4, -0.2) is 23.1 Å². The van der Waals surface area contributed by atoms with Gasteiger partial charge >= 0.3 is 5.97 Å². The third-order valence-corrected chi connectivity index (χ3v) is 2.10. The van der Waals surface area contributed by atoms with Crippen LogP contribution < -0.4 is 10.1 Å². The Morgan fingerprint density at radius 2 is 1.84 bits per heavy atom. The van der Waals surface area contributed by atoms with Gasteiger partial charge in [0.05, 0.1) is 6.10 Å².